The number of aryl methyl sites for hydroxylation is 1. The van der Waals surface area contributed by atoms with Gasteiger partial charge in [0.25, 0.3) is 5.91 Å². The van der Waals surface area contributed by atoms with E-state index in [1.165, 1.54) is 12.1 Å². The van der Waals surface area contributed by atoms with E-state index in [0.29, 0.717) is 4.68 Å². The van der Waals surface area contributed by atoms with Gasteiger partial charge in [0, 0.05) is 0 Å². The first kappa shape index (κ1) is 13.1. The van der Waals surface area contributed by atoms with Crippen molar-refractivity contribution >= 4 is 5.91 Å². The number of carbonyl (C=O) groups is 1. The lowest BCUT2D eigenvalue weighted by Gasteiger charge is -2.12. The van der Waals surface area contributed by atoms with Crippen LogP contribution in [-0.2, 0) is 6.18 Å². The van der Waals surface area contributed by atoms with Gasteiger partial charge >= 0.3 is 6.18 Å². The summed E-state index contributed by atoms with van der Waals surface area (Å²) in [5, 5.41) is 3.61. The van der Waals surface area contributed by atoms with E-state index in [-0.39, 0.29) is 5.69 Å². The summed E-state index contributed by atoms with van der Waals surface area (Å²) in [7, 11) is 0. The van der Waals surface area contributed by atoms with Gasteiger partial charge in [-0.3, -0.25) is 4.79 Å². The highest BCUT2D eigenvalue weighted by molar-refractivity contribution is 5.94. The molecule has 1 aromatic carbocycles. The third-order valence-electron chi connectivity index (χ3n) is 2.55. The van der Waals surface area contributed by atoms with Crippen LogP contribution in [0.25, 0.3) is 5.69 Å². The second-order valence-corrected chi connectivity index (χ2v) is 4.02. The van der Waals surface area contributed by atoms with E-state index in [0.717, 1.165) is 11.8 Å². The largest absolute Gasteiger partial charge is 0.434 e. The summed E-state index contributed by atoms with van der Waals surface area (Å²) >= 11 is 0. The number of hydrogen-bond acceptors (Lipinski definition) is 2. The lowest BCUT2D eigenvalue weighted by Crippen LogP contribution is -2.20. The Kier molecular flexibility index (Phi) is 3.05. The molecular formula is C12H10F3N3O. The van der Waals surface area contributed by atoms with Gasteiger partial charge in [0.1, 0.15) is 0 Å². The van der Waals surface area contributed by atoms with Crippen molar-refractivity contribution in [3.8, 4) is 5.69 Å². The first-order chi connectivity index (χ1) is 8.80. The number of primary amides is 1. The van der Waals surface area contributed by atoms with Crippen molar-refractivity contribution in [2.75, 3.05) is 0 Å². The molecule has 1 heterocycles. The molecule has 4 nitrogen and oxygen atoms in total. The maximum Gasteiger partial charge on any atom is 0.434 e. The molecule has 0 aliphatic rings. The Balaban J connectivity index is 2.68. The molecule has 0 saturated carbocycles. The fraction of sp³-hybridized carbons (Fsp3) is 0.167. The van der Waals surface area contributed by atoms with Gasteiger partial charge in [-0.1, -0.05) is 12.1 Å². The van der Waals surface area contributed by atoms with Crippen LogP contribution in [0, 0.1) is 6.92 Å². The minimum Gasteiger partial charge on any atom is -0.365 e. The number of nitrogens with two attached hydrogens (primary N) is 1. The summed E-state index contributed by atoms with van der Waals surface area (Å²) in [5.41, 5.74) is 4.14. The van der Waals surface area contributed by atoms with E-state index in [2.05, 4.69) is 5.10 Å². The summed E-state index contributed by atoms with van der Waals surface area (Å²) in [6.07, 6.45) is -3.89. The number of halogens is 3. The Labute approximate surface area is 106 Å². The summed E-state index contributed by atoms with van der Waals surface area (Å²) in [6, 6.07) is 6.36. The highest BCUT2D eigenvalue weighted by Crippen LogP contribution is 2.33. The molecule has 0 aliphatic carbocycles. The SMILES string of the molecule is Cc1cccc(-n2ncc(C(N)=O)c2C(F)(F)F)c1. The average Bonchev–Trinajstić information content (AvgIpc) is 2.73. The zero-order chi connectivity index (χ0) is 14.2. The Morgan fingerprint density at radius 3 is 2.58 bits per heavy atom. The van der Waals surface area contributed by atoms with Gasteiger partial charge in [-0.25, -0.2) is 4.68 Å². The Morgan fingerprint density at radius 1 is 1.37 bits per heavy atom. The van der Waals surface area contributed by atoms with Gasteiger partial charge in [-0.2, -0.15) is 18.3 Å². The molecule has 7 heteroatoms. The molecule has 0 saturated heterocycles. The quantitative estimate of drug-likeness (QED) is 0.909. The highest BCUT2D eigenvalue weighted by atomic mass is 19.4. The summed E-state index contributed by atoms with van der Waals surface area (Å²) in [5.74, 6) is -1.16. The van der Waals surface area contributed by atoms with Gasteiger partial charge < -0.3 is 5.73 Å². The summed E-state index contributed by atoms with van der Waals surface area (Å²) in [6.45, 7) is 1.75. The van der Waals surface area contributed by atoms with Crippen molar-refractivity contribution < 1.29 is 18.0 Å². The summed E-state index contributed by atoms with van der Waals surface area (Å²) in [4.78, 5) is 11.0. The number of aromatic nitrogens is 2. The number of benzene rings is 1. The normalized spacial score (nSPS) is 11.6. The van der Waals surface area contributed by atoms with E-state index in [1.54, 1.807) is 19.1 Å². The maximum atomic E-state index is 13.0. The standard InChI is InChI=1S/C12H10F3N3O/c1-7-3-2-4-8(5-7)18-10(12(13,14)15)9(6-17-18)11(16)19/h2-6H,1H3,(H2,16,19). The first-order valence-electron chi connectivity index (χ1n) is 5.33. The van der Waals surface area contributed by atoms with Crippen molar-refractivity contribution in [2.24, 2.45) is 5.73 Å². The third-order valence-corrected chi connectivity index (χ3v) is 2.55. The number of amides is 1. The maximum absolute atomic E-state index is 13.0. The van der Waals surface area contributed by atoms with E-state index < -0.39 is 23.3 Å². The molecule has 1 aromatic heterocycles. The van der Waals surface area contributed by atoms with Crippen LogP contribution in [0.1, 0.15) is 21.6 Å². The molecule has 0 unspecified atom stereocenters. The van der Waals surface area contributed by atoms with Crippen molar-refractivity contribution in [3.63, 3.8) is 0 Å². The van der Waals surface area contributed by atoms with Crippen LogP contribution in [-0.4, -0.2) is 15.7 Å². The fourth-order valence-corrected chi connectivity index (χ4v) is 1.76. The van der Waals surface area contributed by atoms with Gasteiger partial charge in [0.2, 0.25) is 0 Å². The molecule has 0 radical (unpaired) electrons. The van der Waals surface area contributed by atoms with E-state index >= 15 is 0 Å². The van der Waals surface area contributed by atoms with E-state index in [1.807, 2.05) is 0 Å². The number of alkyl halides is 3. The molecule has 2 rings (SSSR count). The van der Waals surface area contributed by atoms with Gasteiger partial charge in [-0.15, -0.1) is 0 Å². The molecule has 2 N–H and O–H groups in total. The third kappa shape index (κ3) is 2.44. The van der Waals surface area contributed by atoms with Crippen molar-refractivity contribution in [3.05, 3.63) is 47.3 Å². The lowest BCUT2D eigenvalue weighted by molar-refractivity contribution is -0.143. The molecule has 0 fully saturated rings. The Bertz CT molecular complexity index is 631. The number of nitrogens with zero attached hydrogens (tertiary/aromatic N) is 2. The molecule has 0 spiro atoms. The first-order valence-corrected chi connectivity index (χ1v) is 5.33. The predicted octanol–water partition coefficient (Wildman–Crippen LogP) is 2.30. The zero-order valence-electron chi connectivity index (χ0n) is 9.90. The number of hydrogen-bond donors (Lipinski definition) is 1. The topological polar surface area (TPSA) is 60.9 Å². The highest BCUT2D eigenvalue weighted by Gasteiger charge is 2.40. The monoisotopic (exact) mass is 269 g/mol. The molecule has 100 valence electrons. The number of carbonyl (C=O) groups excluding carboxylic acids is 1. The Hall–Kier alpha value is -2.31. The fourth-order valence-electron chi connectivity index (χ4n) is 1.76. The molecule has 2 aromatic rings. The van der Waals surface area contributed by atoms with Crippen LogP contribution in [0.2, 0.25) is 0 Å². The minimum absolute atomic E-state index is 0.222. The molecule has 1 amide bonds. The second-order valence-electron chi connectivity index (χ2n) is 4.02. The Morgan fingerprint density at radius 2 is 2.05 bits per heavy atom. The van der Waals surface area contributed by atoms with Crippen LogP contribution < -0.4 is 5.73 Å². The molecule has 0 aliphatic heterocycles. The molecule has 0 bridgehead atoms. The minimum atomic E-state index is -4.72. The zero-order valence-corrected chi connectivity index (χ0v) is 9.90. The molecular weight excluding hydrogens is 259 g/mol. The lowest BCUT2D eigenvalue weighted by atomic mass is 10.2. The average molecular weight is 269 g/mol. The van der Waals surface area contributed by atoms with Crippen LogP contribution in [0.4, 0.5) is 13.2 Å². The van der Waals surface area contributed by atoms with Crippen LogP contribution >= 0.6 is 0 Å². The molecule has 19 heavy (non-hydrogen) atoms. The summed E-state index contributed by atoms with van der Waals surface area (Å²) < 4.78 is 39.7. The van der Waals surface area contributed by atoms with Crippen LogP contribution in [0.15, 0.2) is 30.5 Å². The van der Waals surface area contributed by atoms with Crippen molar-refractivity contribution in [2.45, 2.75) is 13.1 Å². The predicted molar refractivity (Wildman–Crippen MR) is 61.8 cm³/mol. The van der Waals surface area contributed by atoms with Crippen LogP contribution in [0.3, 0.4) is 0 Å². The van der Waals surface area contributed by atoms with E-state index in [4.69, 9.17) is 5.73 Å². The van der Waals surface area contributed by atoms with Gasteiger partial charge in [-0.05, 0) is 24.6 Å². The van der Waals surface area contributed by atoms with Gasteiger partial charge in [0.15, 0.2) is 5.69 Å². The van der Waals surface area contributed by atoms with E-state index in [9.17, 15) is 18.0 Å². The van der Waals surface area contributed by atoms with Gasteiger partial charge in [0.05, 0.1) is 17.4 Å². The van der Waals surface area contributed by atoms with Crippen LogP contribution in [0.5, 0.6) is 0 Å². The van der Waals surface area contributed by atoms with Crippen molar-refractivity contribution in [1.29, 1.82) is 0 Å². The molecule has 0 atom stereocenters. The van der Waals surface area contributed by atoms with Crippen molar-refractivity contribution in [1.82, 2.24) is 9.78 Å². The smallest absolute Gasteiger partial charge is 0.365 e. The second kappa shape index (κ2) is 4.42. The number of rotatable bonds is 2.